The maximum absolute atomic E-state index is 12.0. The van der Waals surface area contributed by atoms with Crippen LogP contribution in [0.25, 0.3) is 0 Å². The number of carbonyl (C=O) groups excluding carboxylic acids is 2. The molecule has 0 saturated heterocycles. The standard InChI is InChI=1S/C14H16O8/c1-21-13(19)9-5-3-4-6(7(9)11(15)16)10(14(20)22-2)8(5)12(17)18/h3-10H,1-2H3,(H,15,16)(H,17,18). The van der Waals surface area contributed by atoms with E-state index in [-0.39, 0.29) is 0 Å². The minimum Gasteiger partial charge on any atom is -0.481 e. The van der Waals surface area contributed by atoms with E-state index in [4.69, 9.17) is 0 Å². The van der Waals surface area contributed by atoms with Crippen LogP contribution in [0.2, 0.25) is 0 Å². The first-order chi connectivity index (χ1) is 10.3. The van der Waals surface area contributed by atoms with E-state index in [2.05, 4.69) is 9.47 Å². The van der Waals surface area contributed by atoms with Gasteiger partial charge in [-0.05, 0) is 0 Å². The quantitative estimate of drug-likeness (QED) is 0.539. The van der Waals surface area contributed by atoms with Crippen molar-refractivity contribution in [3.05, 3.63) is 12.2 Å². The Balaban J connectivity index is 2.55. The lowest BCUT2D eigenvalue weighted by molar-refractivity contribution is -0.180. The molecule has 0 spiro atoms. The molecule has 6 unspecified atom stereocenters. The second-order valence-corrected chi connectivity index (χ2v) is 5.37. The van der Waals surface area contributed by atoms with E-state index in [1.54, 1.807) is 0 Å². The van der Waals surface area contributed by atoms with Gasteiger partial charge in [0.25, 0.3) is 0 Å². The highest BCUT2D eigenvalue weighted by atomic mass is 16.5. The molecule has 2 bridgehead atoms. The lowest BCUT2D eigenvalue weighted by Gasteiger charge is -2.48. The van der Waals surface area contributed by atoms with Crippen molar-refractivity contribution in [1.82, 2.24) is 0 Å². The molecule has 0 heterocycles. The second-order valence-electron chi connectivity index (χ2n) is 5.37. The molecule has 22 heavy (non-hydrogen) atoms. The van der Waals surface area contributed by atoms with E-state index in [0.717, 1.165) is 14.2 Å². The third-order valence-corrected chi connectivity index (χ3v) is 4.51. The number of carbonyl (C=O) groups is 4. The van der Waals surface area contributed by atoms with Crippen LogP contribution in [0.15, 0.2) is 12.2 Å². The summed E-state index contributed by atoms with van der Waals surface area (Å²) in [4.78, 5) is 47.0. The average Bonchev–Trinajstić information content (AvgIpc) is 2.51. The van der Waals surface area contributed by atoms with Crippen LogP contribution in [0.5, 0.6) is 0 Å². The molecule has 3 rings (SSSR count). The molecule has 0 aliphatic heterocycles. The van der Waals surface area contributed by atoms with Gasteiger partial charge in [-0.3, -0.25) is 19.2 Å². The van der Waals surface area contributed by atoms with E-state index >= 15 is 0 Å². The Morgan fingerprint density at radius 2 is 1.05 bits per heavy atom. The number of aliphatic carboxylic acids is 2. The van der Waals surface area contributed by atoms with Gasteiger partial charge in [0.05, 0.1) is 37.9 Å². The van der Waals surface area contributed by atoms with Gasteiger partial charge < -0.3 is 19.7 Å². The summed E-state index contributed by atoms with van der Waals surface area (Å²) in [5.41, 5.74) is 0. The Bertz CT molecular complexity index is 503. The zero-order valence-corrected chi connectivity index (χ0v) is 12.0. The molecule has 3 aliphatic rings. The molecule has 0 aromatic carbocycles. The van der Waals surface area contributed by atoms with Gasteiger partial charge in [0.15, 0.2) is 0 Å². The SMILES string of the molecule is COC(=O)C1C2C=CC(C1C(=O)O)C(C(=O)OC)C2C(=O)O. The van der Waals surface area contributed by atoms with Gasteiger partial charge in [-0.15, -0.1) is 0 Å². The molecule has 0 aromatic rings. The normalized spacial score (nSPS) is 35.7. The number of carboxylic acid groups (broad SMARTS) is 2. The van der Waals surface area contributed by atoms with E-state index in [9.17, 15) is 29.4 Å². The summed E-state index contributed by atoms with van der Waals surface area (Å²) < 4.78 is 9.26. The Morgan fingerprint density at radius 3 is 1.27 bits per heavy atom. The van der Waals surface area contributed by atoms with E-state index < -0.39 is 59.4 Å². The number of ether oxygens (including phenoxy) is 2. The summed E-state index contributed by atoms with van der Waals surface area (Å²) >= 11 is 0. The van der Waals surface area contributed by atoms with Crippen molar-refractivity contribution in [1.29, 1.82) is 0 Å². The highest BCUT2D eigenvalue weighted by Gasteiger charge is 2.61. The Morgan fingerprint density at radius 1 is 0.727 bits per heavy atom. The molecule has 1 fully saturated rings. The molecule has 0 aromatic heterocycles. The maximum atomic E-state index is 12.0. The van der Waals surface area contributed by atoms with E-state index in [1.807, 2.05) is 0 Å². The zero-order valence-electron chi connectivity index (χ0n) is 12.0. The molecule has 0 amide bonds. The molecule has 2 N–H and O–H groups in total. The first kappa shape index (κ1) is 16.0. The van der Waals surface area contributed by atoms with Crippen molar-refractivity contribution < 1.29 is 38.9 Å². The van der Waals surface area contributed by atoms with Crippen molar-refractivity contribution in [3.63, 3.8) is 0 Å². The highest BCUT2D eigenvalue weighted by molar-refractivity contribution is 5.89. The van der Waals surface area contributed by atoms with Crippen molar-refractivity contribution in [2.24, 2.45) is 35.5 Å². The van der Waals surface area contributed by atoms with Crippen LogP contribution < -0.4 is 0 Å². The minimum absolute atomic E-state index is 0.790. The molecule has 8 heteroatoms. The predicted octanol–water partition coefficient (Wildman–Crippen LogP) is -0.218. The monoisotopic (exact) mass is 312 g/mol. The Hall–Kier alpha value is -2.38. The molecule has 1 saturated carbocycles. The zero-order chi connectivity index (χ0) is 16.6. The fraction of sp³-hybridized carbons (Fsp3) is 0.571. The van der Waals surface area contributed by atoms with Crippen molar-refractivity contribution in [2.75, 3.05) is 14.2 Å². The highest BCUT2D eigenvalue weighted by Crippen LogP contribution is 2.52. The van der Waals surface area contributed by atoms with Gasteiger partial charge >= 0.3 is 23.9 Å². The van der Waals surface area contributed by atoms with Gasteiger partial charge in [-0.1, -0.05) is 12.2 Å². The number of methoxy groups -OCH3 is 2. The van der Waals surface area contributed by atoms with Crippen molar-refractivity contribution in [3.8, 4) is 0 Å². The fourth-order valence-corrected chi connectivity index (χ4v) is 3.66. The molecule has 3 aliphatic carbocycles. The van der Waals surface area contributed by atoms with Gasteiger partial charge in [0, 0.05) is 11.8 Å². The third kappa shape index (κ3) is 2.24. The first-order valence-electron chi connectivity index (χ1n) is 6.64. The van der Waals surface area contributed by atoms with Gasteiger partial charge in [0.2, 0.25) is 0 Å². The largest absolute Gasteiger partial charge is 0.481 e. The molecule has 8 nitrogen and oxygen atoms in total. The van der Waals surface area contributed by atoms with Crippen LogP contribution in [0.4, 0.5) is 0 Å². The second kappa shape index (κ2) is 5.78. The summed E-state index contributed by atoms with van der Waals surface area (Å²) in [6, 6.07) is 0. The Labute approximate surface area is 125 Å². The first-order valence-corrected chi connectivity index (χ1v) is 6.64. The Kier molecular flexibility index (Phi) is 4.20. The number of hydrogen-bond acceptors (Lipinski definition) is 6. The smallest absolute Gasteiger partial charge is 0.310 e. The van der Waals surface area contributed by atoms with Crippen LogP contribution in [0.1, 0.15) is 0 Å². The minimum atomic E-state index is -1.27. The molecule has 0 radical (unpaired) electrons. The summed E-state index contributed by atoms with van der Waals surface area (Å²) in [7, 11) is 2.22. The number of hydrogen-bond donors (Lipinski definition) is 2. The molecule has 6 atom stereocenters. The fourth-order valence-electron chi connectivity index (χ4n) is 3.66. The van der Waals surface area contributed by atoms with Crippen LogP contribution in [-0.2, 0) is 28.7 Å². The summed E-state index contributed by atoms with van der Waals surface area (Å²) in [6.07, 6.45) is 2.98. The molecular formula is C14H16O8. The number of carboxylic acids is 2. The predicted molar refractivity (Wildman–Crippen MR) is 69.4 cm³/mol. The summed E-state index contributed by atoms with van der Waals surface area (Å²) in [5, 5.41) is 18.9. The van der Waals surface area contributed by atoms with E-state index in [0.29, 0.717) is 0 Å². The van der Waals surface area contributed by atoms with Crippen molar-refractivity contribution >= 4 is 23.9 Å². The number of rotatable bonds is 4. The average molecular weight is 312 g/mol. The van der Waals surface area contributed by atoms with Gasteiger partial charge in [-0.25, -0.2) is 0 Å². The van der Waals surface area contributed by atoms with Crippen LogP contribution in [-0.4, -0.2) is 48.3 Å². The van der Waals surface area contributed by atoms with Crippen LogP contribution in [0, 0.1) is 35.5 Å². The van der Waals surface area contributed by atoms with Crippen LogP contribution >= 0.6 is 0 Å². The lowest BCUT2D eigenvalue weighted by Crippen LogP contribution is -2.57. The number of fused-ring (bicyclic) bond motifs is 2. The number of allylic oxidation sites excluding steroid dienone is 2. The van der Waals surface area contributed by atoms with Gasteiger partial charge in [0.1, 0.15) is 0 Å². The summed E-state index contributed by atoms with van der Waals surface area (Å²) in [6.45, 7) is 0. The maximum Gasteiger partial charge on any atom is 0.310 e. The summed E-state index contributed by atoms with van der Waals surface area (Å²) in [5.74, 6) is -10.7. The molecule has 120 valence electrons. The van der Waals surface area contributed by atoms with Crippen LogP contribution in [0.3, 0.4) is 0 Å². The lowest BCUT2D eigenvalue weighted by atomic mass is 9.53. The van der Waals surface area contributed by atoms with Gasteiger partial charge in [-0.2, -0.15) is 0 Å². The van der Waals surface area contributed by atoms with E-state index in [1.165, 1.54) is 12.2 Å². The topological polar surface area (TPSA) is 127 Å². The third-order valence-electron chi connectivity index (χ3n) is 4.51. The molecular weight excluding hydrogens is 296 g/mol. The van der Waals surface area contributed by atoms with Crippen molar-refractivity contribution in [2.45, 2.75) is 0 Å². The number of esters is 2.